The minimum absolute atomic E-state index is 0.0511. The van der Waals surface area contributed by atoms with Gasteiger partial charge in [-0.2, -0.15) is 8.78 Å². The smallest absolute Gasteiger partial charge is 0.387 e. The van der Waals surface area contributed by atoms with Crippen molar-refractivity contribution in [1.82, 2.24) is 9.80 Å². The van der Waals surface area contributed by atoms with Crippen LogP contribution in [0.25, 0.3) is 0 Å². The summed E-state index contributed by atoms with van der Waals surface area (Å²) in [6, 6.07) is 5.35. The van der Waals surface area contributed by atoms with E-state index < -0.39 is 18.6 Å². The minimum Gasteiger partial charge on any atom is -0.434 e. The molecular formula is C21H28F2N2O4. The fraction of sp³-hybridized carbons (Fsp3) is 0.619. The predicted octanol–water partition coefficient (Wildman–Crippen LogP) is 2.90. The van der Waals surface area contributed by atoms with Gasteiger partial charge < -0.3 is 19.6 Å². The number of piperidine rings is 1. The van der Waals surface area contributed by atoms with Gasteiger partial charge in [0.15, 0.2) is 0 Å². The van der Waals surface area contributed by atoms with Crippen molar-refractivity contribution in [1.29, 1.82) is 0 Å². The zero-order valence-corrected chi connectivity index (χ0v) is 16.4. The molecule has 1 aromatic carbocycles. The van der Waals surface area contributed by atoms with E-state index in [2.05, 4.69) is 4.74 Å². The summed E-state index contributed by atoms with van der Waals surface area (Å²) in [6.07, 6.45) is 4.83. The summed E-state index contributed by atoms with van der Waals surface area (Å²) in [5.74, 6) is -0.167. The van der Waals surface area contributed by atoms with Crippen LogP contribution < -0.4 is 4.74 Å². The van der Waals surface area contributed by atoms with Gasteiger partial charge in [-0.05, 0) is 56.6 Å². The third-order valence-electron chi connectivity index (χ3n) is 5.83. The fourth-order valence-corrected chi connectivity index (χ4v) is 4.30. The summed E-state index contributed by atoms with van der Waals surface area (Å²) in [5, 5.41) is 8.97. The Morgan fingerprint density at radius 3 is 2.55 bits per heavy atom. The highest BCUT2D eigenvalue weighted by atomic mass is 19.3. The first kappa shape index (κ1) is 21.5. The van der Waals surface area contributed by atoms with Crippen molar-refractivity contribution in [2.45, 2.75) is 51.2 Å². The van der Waals surface area contributed by atoms with Crippen LogP contribution in [0.2, 0.25) is 0 Å². The molecule has 160 valence electrons. The van der Waals surface area contributed by atoms with Crippen LogP contribution in [0.15, 0.2) is 24.3 Å². The zero-order chi connectivity index (χ0) is 20.8. The van der Waals surface area contributed by atoms with Gasteiger partial charge in [0.1, 0.15) is 11.8 Å². The lowest BCUT2D eigenvalue weighted by Crippen LogP contribution is -2.50. The van der Waals surface area contributed by atoms with E-state index in [9.17, 15) is 18.4 Å². The van der Waals surface area contributed by atoms with Crippen molar-refractivity contribution in [3.63, 3.8) is 0 Å². The number of ether oxygens (including phenoxy) is 1. The molecule has 29 heavy (non-hydrogen) atoms. The Morgan fingerprint density at radius 1 is 1.14 bits per heavy atom. The molecule has 2 aliphatic heterocycles. The summed E-state index contributed by atoms with van der Waals surface area (Å²) in [7, 11) is 0. The maximum atomic E-state index is 13.1. The van der Waals surface area contributed by atoms with Crippen LogP contribution in [0.5, 0.6) is 5.75 Å². The second-order valence-electron chi connectivity index (χ2n) is 7.67. The Kier molecular flexibility index (Phi) is 7.41. The Balaban J connectivity index is 1.66. The number of para-hydroxylation sites is 1. The van der Waals surface area contributed by atoms with Gasteiger partial charge in [-0.15, -0.1) is 0 Å². The molecule has 0 radical (unpaired) electrons. The summed E-state index contributed by atoms with van der Waals surface area (Å²) in [5.41, 5.74) is 0.0511. The van der Waals surface area contributed by atoms with Gasteiger partial charge in [0, 0.05) is 26.2 Å². The van der Waals surface area contributed by atoms with Crippen LogP contribution in [-0.2, 0) is 4.79 Å². The second kappa shape index (κ2) is 10.0. The maximum Gasteiger partial charge on any atom is 0.387 e. The lowest BCUT2D eigenvalue weighted by atomic mass is 9.92. The molecule has 3 rings (SSSR count). The lowest BCUT2D eigenvalue weighted by Gasteiger charge is -2.35. The predicted molar refractivity (Wildman–Crippen MR) is 103 cm³/mol. The number of amides is 2. The van der Waals surface area contributed by atoms with E-state index in [0.29, 0.717) is 38.4 Å². The Labute approximate surface area is 169 Å². The third-order valence-corrected chi connectivity index (χ3v) is 5.83. The molecule has 2 saturated heterocycles. The third kappa shape index (κ3) is 5.23. The Morgan fingerprint density at radius 2 is 1.86 bits per heavy atom. The van der Waals surface area contributed by atoms with Crippen molar-refractivity contribution in [2.24, 2.45) is 5.92 Å². The summed E-state index contributed by atoms with van der Waals surface area (Å²) < 4.78 is 29.8. The molecule has 2 heterocycles. The number of hydrogen-bond donors (Lipinski definition) is 1. The van der Waals surface area contributed by atoms with Gasteiger partial charge in [-0.1, -0.05) is 12.1 Å². The number of alkyl halides is 2. The number of carbonyl (C=O) groups excluding carboxylic acids is 2. The Bertz CT molecular complexity index is 708. The van der Waals surface area contributed by atoms with Crippen LogP contribution in [0.1, 0.15) is 48.9 Å². The number of hydrogen-bond acceptors (Lipinski definition) is 4. The number of benzene rings is 1. The highest BCUT2D eigenvalue weighted by Crippen LogP contribution is 2.29. The fourth-order valence-electron chi connectivity index (χ4n) is 4.30. The highest BCUT2D eigenvalue weighted by molar-refractivity contribution is 6.00. The quantitative estimate of drug-likeness (QED) is 0.751. The zero-order valence-electron chi connectivity index (χ0n) is 16.4. The van der Waals surface area contributed by atoms with Crippen LogP contribution in [0.4, 0.5) is 8.78 Å². The maximum absolute atomic E-state index is 13.1. The SMILES string of the molecule is O=C(C1CCCN1C(=O)c1ccccc1OC(F)F)N1CCC(CCCO)CC1. The van der Waals surface area contributed by atoms with E-state index in [4.69, 9.17) is 5.11 Å². The normalized spacial score (nSPS) is 20.3. The first-order valence-electron chi connectivity index (χ1n) is 10.3. The molecule has 2 fully saturated rings. The number of likely N-dealkylation sites (tertiary alicyclic amines) is 2. The van der Waals surface area contributed by atoms with Crippen LogP contribution in [0, 0.1) is 5.92 Å². The average Bonchev–Trinajstić information content (AvgIpc) is 3.21. The van der Waals surface area contributed by atoms with Crippen molar-refractivity contribution >= 4 is 11.8 Å². The molecule has 8 heteroatoms. The van der Waals surface area contributed by atoms with Gasteiger partial charge in [-0.3, -0.25) is 9.59 Å². The molecule has 1 aromatic rings. The largest absolute Gasteiger partial charge is 0.434 e. The van der Waals surface area contributed by atoms with E-state index in [1.54, 1.807) is 6.07 Å². The molecule has 0 aromatic heterocycles. The molecule has 1 N–H and O–H groups in total. The number of rotatable bonds is 7. The Hall–Kier alpha value is -2.22. The molecule has 1 atom stereocenters. The van der Waals surface area contributed by atoms with E-state index in [0.717, 1.165) is 25.7 Å². The lowest BCUT2D eigenvalue weighted by molar-refractivity contribution is -0.136. The monoisotopic (exact) mass is 410 g/mol. The van der Waals surface area contributed by atoms with E-state index >= 15 is 0 Å². The van der Waals surface area contributed by atoms with Crippen LogP contribution in [-0.4, -0.2) is 65.6 Å². The van der Waals surface area contributed by atoms with Gasteiger partial charge in [-0.25, -0.2) is 0 Å². The first-order valence-corrected chi connectivity index (χ1v) is 10.3. The molecule has 1 unspecified atom stereocenters. The topological polar surface area (TPSA) is 70.1 Å². The van der Waals surface area contributed by atoms with Crippen molar-refractivity contribution in [3.8, 4) is 5.75 Å². The summed E-state index contributed by atoms with van der Waals surface area (Å²) in [6.45, 7) is -1.11. The molecule has 0 saturated carbocycles. The summed E-state index contributed by atoms with van der Waals surface area (Å²) in [4.78, 5) is 29.4. The van der Waals surface area contributed by atoms with Gasteiger partial charge in [0.25, 0.3) is 5.91 Å². The molecular weight excluding hydrogens is 382 g/mol. The minimum atomic E-state index is -3.02. The van der Waals surface area contributed by atoms with Crippen molar-refractivity contribution in [3.05, 3.63) is 29.8 Å². The van der Waals surface area contributed by atoms with Crippen molar-refractivity contribution < 1.29 is 28.2 Å². The number of carbonyl (C=O) groups is 2. The number of aliphatic hydroxyl groups is 1. The van der Waals surface area contributed by atoms with E-state index in [-0.39, 0.29) is 23.8 Å². The summed E-state index contributed by atoms with van der Waals surface area (Å²) >= 11 is 0. The number of halogens is 2. The standard InChI is InChI=1S/C21H28F2N2O4/c22-21(23)29-18-8-2-1-6-16(18)19(27)25-11-3-7-17(25)20(28)24-12-9-15(10-13-24)5-4-14-26/h1-2,6,8,15,17,21,26H,3-5,7,9-14H2. The first-order chi connectivity index (χ1) is 14.0. The second-order valence-corrected chi connectivity index (χ2v) is 7.67. The van der Waals surface area contributed by atoms with Crippen molar-refractivity contribution in [2.75, 3.05) is 26.2 Å². The average molecular weight is 410 g/mol. The van der Waals surface area contributed by atoms with E-state index in [1.807, 2.05) is 4.90 Å². The van der Waals surface area contributed by atoms with Crippen LogP contribution in [0.3, 0.4) is 0 Å². The van der Waals surface area contributed by atoms with E-state index in [1.165, 1.54) is 23.1 Å². The molecule has 2 aliphatic rings. The highest BCUT2D eigenvalue weighted by Gasteiger charge is 2.38. The number of nitrogens with zero attached hydrogens (tertiary/aromatic N) is 2. The van der Waals surface area contributed by atoms with Crippen LogP contribution >= 0.6 is 0 Å². The number of aliphatic hydroxyl groups excluding tert-OH is 1. The van der Waals surface area contributed by atoms with Gasteiger partial charge >= 0.3 is 6.61 Å². The molecule has 2 amide bonds. The molecule has 6 nitrogen and oxygen atoms in total. The van der Waals surface area contributed by atoms with Gasteiger partial charge in [0.05, 0.1) is 5.56 Å². The molecule has 0 aliphatic carbocycles. The molecule has 0 bridgehead atoms. The van der Waals surface area contributed by atoms with Gasteiger partial charge in [0.2, 0.25) is 5.91 Å². The molecule has 0 spiro atoms.